The normalized spacial score (nSPS) is 23.1. The number of thiazole rings is 4. The lowest BCUT2D eigenvalue weighted by molar-refractivity contribution is 0.0408. The van der Waals surface area contributed by atoms with Crippen LogP contribution in [-0.4, -0.2) is 255 Å². The quantitative estimate of drug-likeness (QED) is 0.0253. The lowest BCUT2D eigenvalue weighted by Gasteiger charge is -2.39. The molecular weight excluding hydrogens is 1900 g/mol. The van der Waals surface area contributed by atoms with Crippen LogP contribution < -0.4 is 42.5 Å². The number of carbonyl (C=O) groups excluding carboxylic acids is 8. The van der Waals surface area contributed by atoms with Crippen molar-refractivity contribution in [2.75, 3.05) is 45.9 Å². The predicted molar refractivity (Wildman–Crippen MR) is 557 cm³/mol. The highest BCUT2D eigenvalue weighted by atomic mass is 32.2. The summed E-state index contributed by atoms with van der Waals surface area (Å²) in [6.45, 7) is 36.3. The Hall–Kier alpha value is -10.1. The van der Waals surface area contributed by atoms with Gasteiger partial charge in [0, 0.05) is 131 Å². The van der Waals surface area contributed by atoms with Gasteiger partial charge >= 0.3 is 0 Å². The first-order chi connectivity index (χ1) is 66.9. The maximum absolute atomic E-state index is 13.8. The van der Waals surface area contributed by atoms with Crippen LogP contribution >= 0.6 is 45.3 Å². The SMILES string of the molecule is Cc1cc(NC(C)(C)C)ncc1-c1sc(C(=O)N[C@H](C)C(C)(C)O)nc1C(=O)N1CCC[C@@H]1C.Cc1cc(NC2(C)CCC2)ncc1-c1sc(C(=O)NC2CC(O)C2)nc1C(=O)N1C2CCC1CC2.Cc1cc(NC2(C)CCC2)ncc1-c1sc(C(=O)NC2CCS(=O)(=O)CC2)nc1C(=O)N1CCC[C@@H]1C.Cc1cc(NC2(C)CCC2)ncc1-c1sc(C(=O)N[C@H](C)C(C)(C)O)nc1C(=O)N1C2CCC1CC2. The van der Waals surface area contributed by atoms with Crippen LogP contribution in [0.4, 0.5) is 23.3 Å². The first-order valence-corrected chi connectivity index (χ1v) is 55.9. The number of hydrogen-bond donors (Lipinski definition) is 11. The zero-order valence-corrected chi connectivity index (χ0v) is 89.4. The number of rotatable bonds is 25. The van der Waals surface area contributed by atoms with Gasteiger partial charge in [0.15, 0.2) is 20.0 Å². The van der Waals surface area contributed by atoms with Crippen molar-refractivity contribution in [3.05, 3.63) is 114 Å². The summed E-state index contributed by atoms with van der Waals surface area (Å²) in [7, 11) is -3.03. The third-order valence-electron chi connectivity index (χ3n) is 30.8. The van der Waals surface area contributed by atoms with Crippen LogP contribution in [0.25, 0.3) is 41.8 Å². The highest BCUT2D eigenvalue weighted by molar-refractivity contribution is 7.91. The van der Waals surface area contributed by atoms with Crippen molar-refractivity contribution < 1.29 is 62.1 Å². The number of anilines is 4. The van der Waals surface area contributed by atoms with Gasteiger partial charge < -0.3 is 77.5 Å². The van der Waals surface area contributed by atoms with Gasteiger partial charge in [-0.1, -0.05) is 0 Å². The van der Waals surface area contributed by atoms with Crippen LogP contribution in [0.5, 0.6) is 0 Å². The number of sulfone groups is 1. The third-order valence-corrected chi connectivity index (χ3v) is 36.9. The second-order valence-electron chi connectivity index (χ2n) is 44.5. The van der Waals surface area contributed by atoms with Crippen LogP contribution in [0, 0.1) is 27.7 Å². The van der Waals surface area contributed by atoms with Crippen LogP contribution in [0.2, 0.25) is 0 Å². The van der Waals surface area contributed by atoms with Gasteiger partial charge in [0.05, 0.1) is 60.4 Å². The van der Waals surface area contributed by atoms with E-state index in [0.717, 1.165) is 183 Å². The smallest absolute Gasteiger partial charge is 0.280 e. The molecule has 8 aromatic rings. The summed E-state index contributed by atoms with van der Waals surface area (Å²) in [6.07, 6.45) is 31.2. The minimum absolute atomic E-state index is 0.0416. The van der Waals surface area contributed by atoms with Gasteiger partial charge in [0.1, 0.15) is 55.9 Å². The zero-order valence-electron chi connectivity index (χ0n) is 85.3. The van der Waals surface area contributed by atoms with Crippen LogP contribution in [-0.2, 0) is 9.84 Å². The number of carbonyl (C=O) groups is 8. The average Bonchev–Trinajstić information content (AvgIpc) is 1.61. The molecule has 4 atom stereocenters. The van der Waals surface area contributed by atoms with Gasteiger partial charge in [-0.25, -0.2) is 48.3 Å². The number of amides is 8. The molecule has 142 heavy (non-hydrogen) atoms. The van der Waals surface area contributed by atoms with Gasteiger partial charge in [-0.05, 0) is 332 Å². The number of aryl methyl sites for hydroxylation is 4. The van der Waals surface area contributed by atoms with Crippen molar-refractivity contribution in [2.24, 2.45) is 0 Å². The van der Waals surface area contributed by atoms with E-state index in [1.54, 1.807) is 60.1 Å². The Labute approximate surface area is 849 Å². The molecular formula is C104H142N20O13S5. The van der Waals surface area contributed by atoms with Gasteiger partial charge in [-0.2, -0.15) is 0 Å². The number of pyridine rings is 4. The van der Waals surface area contributed by atoms with E-state index in [0.29, 0.717) is 74.7 Å². The molecule has 0 radical (unpaired) electrons. The number of aliphatic hydroxyl groups excluding tert-OH is 1. The van der Waals surface area contributed by atoms with E-state index < -0.39 is 39.0 Å². The number of likely N-dealkylation sites (tertiary alicyclic amines) is 2. The van der Waals surface area contributed by atoms with E-state index in [1.807, 2.05) is 91.6 Å². The summed E-state index contributed by atoms with van der Waals surface area (Å²) >= 11 is 4.86. The van der Waals surface area contributed by atoms with E-state index >= 15 is 0 Å². The first kappa shape index (κ1) is 105. The van der Waals surface area contributed by atoms with E-state index in [9.17, 15) is 62.1 Å². The van der Waals surface area contributed by atoms with Crippen molar-refractivity contribution in [3.8, 4) is 41.8 Å². The minimum Gasteiger partial charge on any atom is -0.393 e. The zero-order chi connectivity index (χ0) is 102. The molecule has 11 fully saturated rings. The topological polar surface area (TPSA) is 444 Å². The largest absolute Gasteiger partial charge is 0.393 e. The van der Waals surface area contributed by atoms with Gasteiger partial charge in [0.2, 0.25) is 0 Å². The fraction of sp³-hybridized carbons (Fsp3) is 0.615. The molecule has 766 valence electrons. The molecule has 19 rings (SSSR count). The Morgan fingerprint density at radius 1 is 0.415 bits per heavy atom. The molecule has 4 bridgehead atoms. The van der Waals surface area contributed by atoms with Crippen molar-refractivity contribution >= 4 is 126 Å². The van der Waals surface area contributed by atoms with Crippen LogP contribution in [0.15, 0.2) is 49.1 Å². The number of hydrogen-bond acceptors (Lipinski definition) is 29. The Bertz CT molecular complexity index is 6160. The number of aromatic nitrogens is 8. The Kier molecular flexibility index (Phi) is 30.8. The predicted octanol–water partition coefficient (Wildman–Crippen LogP) is 16.4. The molecule has 8 amide bonds. The van der Waals surface area contributed by atoms with Crippen LogP contribution in [0.3, 0.4) is 0 Å². The molecule has 11 aliphatic rings. The van der Waals surface area contributed by atoms with E-state index in [4.69, 9.17) is 0 Å². The number of nitrogens with zero attached hydrogens (tertiary/aromatic N) is 12. The Balaban J connectivity index is 0.000000136. The summed E-state index contributed by atoms with van der Waals surface area (Å²) in [5.74, 6) is 1.42. The third kappa shape index (κ3) is 23.7. The van der Waals surface area contributed by atoms with Crippen molar-refractivity contribution in [3.63, 3.8) is 0 Å². The Morgan fingerprint density at radius 3 is 0.972 bits per heavy atom. The molecule has 7 aliphatic heterocycles. The molecule has 8 aromatic heterocycles. The molecule has 33 nitrogen and oxygen atoms in total. The first-order valence-electron chi connectivity index (χ1n) is 50.8. The number of fused-ring (bicyclic) bond motifs is 4. The number of aliphatic hydroxyl groups is 3. The highest BCUT2D eigenvalue weighted by Gasteiger charge is 2.48. The summed E-state index contributed by atoms with van der Waals surface area (Å²) in [6, 6.07) is 8.10. The summed E-state index contributed by atoms with van der Waals surface area (Å²) in [5.41, 5.74) is 6.32. The molecule has 7 saturated heterocycles. The van der Waals surface area contributed by atoms with Crippen LogP contribution in [0.1, 0.15) is 361 Å². The molecule has 4 saturated carbocycles. The summed E-state index contributed by atoms with van der Waals surface area (Å²) in [4.78, 5) is 154. The van der Waals surface area contributed by atoms with Crippen molar-refractivity contribution in [1.29, 1.82) is 0 Å². The van der Waals surface area contributed by atoms with Crippen molar-refractivity contribution in [2.45, 2.75) is 385 Å². The summed E-state index contributed by atoms with van der Waals surface area (Å²) < 4.78 is 23.5. The lowest BCUT2D eigenvalue weighted by Crippen LogP contribution is -2.47. The highest BCUT2D eigenvalue weighted by Crippen LogP contribution is 2.47. The average molecular weight is 2040 g/mol. The minimum atomic E-state index is -3.03. The van der Waals surface area contributed by atoms with E-state index in [2.05, 4.69) is 124 Å². The second kappa shape index (κ2) is 41.8. The van der Waals surface area contributed by atoms with Crippen molar-refractivity contribution in [1.82, 2.24) is 80.7 Å². The van der Waals surface area contributed by atoms with E-state index in [1.165, 1.54) is 64.6 Å². The maximum atomic E-state index is 13.8. The monoisotopic (exact) mass is 2040 g/mol. The number of nitrogens with one attached hydrogen (secondary N) is 8. The van der Waals surface area contributed by atoms with E-state index in [-0.39, 0.29) is 156 Å². The van der Waals surface area contributed by atoms with Gasteiger partial charge in [-0.3, -0.25) is 38.4 Å². The van der Waals surface area contributed by atoms with Gasteiger partial charge in [0.25, 0.3) is 47.3 Å². The lowest BCUT2D eigenvalue weighted by atomic mass is 9.78. The van der Waals surface area contributed by atoms with Gasteiger partial charge in [-0.15, -0.1) is 45.3 Å². The second-order valence-corrected chi connectivity index (χ2v) is 50.8. The molecule has 11 N–H and O–H groups in total. The summed E-state index contributed by atoms with van der Waals surface area (Å²) in [5, 5.41) is 56.5. The molecule has 15 heterocycles. The molecule has 4 aliphatic carbocycles. The molecule has 38 heteroatoms. The fourth-order valence-corrected chi connectivity index (χ4v) is 26.4. The maximum Gasteiger partial charge on any atom is 0.280 e. The molecule has 0 unspecified atom stereocenters. The molecule has 0 spiro atoms. The Morgan fingerprint density at radius 2 is 0.704 bits per heavy atom. The fourth-order valence-electron chi connectivity index (χ4n) is 20.8. The standard InChI is InChI=1S/C27H37N5O3S.C26H35N5O4S2.C26H33N5O3S.C25H37N5O3S/c1-15-13-20(31-27(5)11-6-12-27)28-14-19(15)22-21(25(34)32-17-7-8-18(32)10-9-17)30-24(36-22)23(33)29-16(2)26(3,4)35;1-16-14-20(30-26(3)9-5-10-26)27-15-19(16)22-21(25(33)31-11-4-6-17(31)2)29-24(36-22)23(32)28-18-7-12-37(34,35)13-8-18;1-14-10-20(30-26(2)8-3-9-26)27-13-19(14)22-21(25(34)31-16-4-5-17(31)7-6-16)29-24(35-22)23(33)28-15-11-18(32)12-15;1-14-12-18(29-24(4,5)6)26-13-17(14)20-19(23(32)30-11-9-10-15(30)2)28-22(34-20)21(31)27-16(3)25(7,8)33/h13-14,16-18,35H,6-12H2,1-5H3,(H,28,31)(H,29,33);14-15,17-18H,4-13H2,1-3H3,(H,27,30)(H,28,32);10,13,15-18,32H,3-9,11-12H2,1-2H3,(H,27,30)(H,28,33);12-13,15-16,33H,9-11H2,1-8H3,(H,26,29)(H,27,31)/t16-,17?,18?;17-;;15-,16+/m10.0/s1. The molecule has 0 aromatic carbocycles.